The molecule has 1 heterocycles. The molecule has 1 saturated heterocycles. The van der Waals surface area contributed by atoms with Crippen LogP contribution in [0.25, 0.3) is 0 Å². The van der Waals surface area contributed by atoms with Crippen LogP contribution in [0.2, 0.25) is 0 Å². The smallest absolute Gasteiger partial charge is 0.246 e. The maximum atomic E-state index is 13.0. The van der Waals surface area contributed by atoms with E-state index in [1.807, 2.05) is 0 Å². The summed E-state index contributed by atoms with van der Waals surface area (Å²) in [7, 11) is 1.47. The molecule has 16 heavy (non-hydrogen) atoms. The predicted octanol–water partition coefficient (Wildman–Crippen LogP) is 1.02. The van der Waals surface area contributed by atoms with E-state index in [0.29, 0.717) is 12.3 Å². The number of nitrogens with one attached hydrogen (secondary N) is 1. The van der Waals surface area contributed by atoms with Crippen LogP contribution in [0.5, 0.6) is 5.75 Å². The van der Waals surface area contributed by atoms with Crippen LogP contribution in [-0.2, 0) is 9.53 Å². The fraction of sp³-hybridized carbons (Fsp3) is 0.364. The molecule has 0 spiro atoms. The SMILES string of the molecule is COc1cc(F)ccc1C1CNC(=O)CO1. The van der Waals surface area contributed by atoms with Gasteiger partial charge in [-0.25, -0.2) is 4.39 Å². The second-order valence-electron chi connectivity index (χ2n) is 3.49. The number of morpholine rings is 1. The summed E-state index contributed by atoms with van der Waals surface area (Å²) in [4.78, 5) is 10.9. The van der Waals surface area contributed by atoms with Gasteiger partial charge in [-0.3, -0.25) is 4.79 Å². The van der Waals surface area contributed by atoms with E-state index in [2.05, 4.69) is 5.32 Å². The van der Waals surface area contributed by atoms with Crippen molar-refractivity contribution in [2.45, 2.75) is 6.10 Å². The van der Waals surface area contributed by atoms with Crippen LogP contribution in [0.3, 0.4) is 0 Å². The van der Waals surface area contributed by atoms with E-state index in [4.69, 9.17) is 9.47 Å². The van der Waals surface area contributed by atoms with Gasteiger partial charge < -0.3 is 14.8 Å². The zero-order valence-corrected chi connectivity index (χ0v) is 8.83. The molecule has 1 atom stereocenters. The van der Waals surface area contributed by atoms with Crippen molar-refractivity contribution >= 4 is 5.91 Å². The average molecular weight is 225 g/mol. The fourth-order valence-electron chi connectivity index (χ4n) is 1.64. The van der Waals surface area contributed by atoms with Crippen molar-refractivity contribution in [1.82, 2.24) is 5.32 Å². The minimum absolute atomic E-state index is 0.0190. The molecule has 2 rings (SSSR count). The van der Waals surface area contributed by atoms with Gasteiger partial charge in [0.25, 0.3) is 0 Å². The van der Waals surface area contributed by atoms with Crippen LogP contribution in [-0.4, -0.2) is 26.2 Å². The first-order chi connectivity index (χ1) is 7.70. The summed E-state index contributed by atoms with van der Waals surface area (Å²) < 4.78 is 23.4. The number of halogens is 1. The van der Waals surface area contributed by atoms with Crippen molar-refractivity contribution in [3.05, 3.63) is 29.6 Å². The third-order valence-corrected chi connectivity index (χ3v) is 2.44. The van der Waals surface area contributed by atoms with Crippen molar-refractivity contribution in [2.24, 2.45) is 0 Å². The van der Waals surface area contributed by atoms with Gasteiger partial charge in [0.2, 0.25) is 5.91 Å². The Labute approximate surface area is 92.4 Å². The Balaban J connectivity index is 2.22. The molecule has 4 nitrogen and oxygen atoms in total. The third kappa shape index (κ3) is 2.14. The molecular formula is C11H12FNO3. The predicted molar refractivity (Wildman–Crippen MR) is 54.7 cm³/mol. The highest BCUT2D eigenvalue weighted by Crippen LogP contribution is 2.29. The molecule has 1 fully saturated rings. The standard InChI is InChI=1S/C11H12FNO3/c1-15-9-4-7(12)2-3-8(9)10-5-13-11(14)6-16-10/h2-4,10H,5-6H2,1H3,(H,13,14). The van der Waals surface area contributed by atoms with Gasteiger partial charge in [0, 0.05) is 18.2 Å². The number of rotatable bonds is 2. The van der Waals surface area contributed by atoms with E-state index in [0.717, 1.165) is 5.56 Å². The van der Waals surface area contributed by atoms with E-state index in [-0.39, 0.29) is 24.4 Å². The average Bonchev–Trinajstić information content (AvgIpc) is 2.30. The maximum Gasteiger partial charge on any atom is 0.246 e. The highest BCUT2D eigenvalue weighted by atomic mass is 19.1. The second kappa shape index (κ2) is 4.49. The molecule has 1 aliphatic rings. The Morgan fingerprint density at radius 3 is 3.00 bits per heavy atom. The van der Waals surface area contributed by atoms with Crippen molar-refractivity contribution < 1.29 is 18.7 Å². The number of carbonyl (C=O) groups is 1. The molecule has 1 aliphatic heterocycles. The van der Waals surface area contributed by atoms with Crippen LogP contribution in [0.15, 0.2) is 18.2 Å². The molecule has 86 valence electrons. The number of hydrogen-bond donors (Lipinski definition) is 1. The Kier molecular flexibility index (Phi) is 3.05. The van der Waals surface area contributed by atoms with Crippen molar-refractivity contribution in [3.63, 3.8) is 0 Å². The van der Waals surface area contributed by atoms with Crippen molar-refractivity contribution in [3.8, 4) is 5.75 Å². The molecule has 0 bridgehead atoms. The second-order valence-corrected chi connectivity index (χ2v) is 3.49. The van der Waals surface area contributed by atoms with Crippen molar-refractivity contribution in [1.29, 1.82) is 0 Å². The van der Waals surface area contributed by atoms with Gasteiger partial charge in [-0.1, -0.05) is 0 Å². The van der Waals surface area contributed by atoms with Crippen molar-refractivity contribution in [2.75, 3.05) is 20.3 Å². The molecule has 0 saturated carbocycles. The minimum atomic E-state index is -0.361. The fourth-order valence-corrected chi connectivity index (χ4v) is 1.64. The van der Waals surface area contributed by atoms with E-state index >= 15 is 0 Å². The molecule has 0 aliphatic carbocycles. The number of methoxy groups -OCH3 is 1. The Morgan fingerprint density at radius 2 is 2.38 bits per heavy atom. The highest BCUT2D eigenvalue weighted by molar-refractivity contribution is 5.77. The molecule has 5 heteroatoms. The van der Waals surface area contributed by atoms with Gasteiger partial charge in [0.15, 0.2) is 0 Å². The van der Waals surface area contributed by atoms with Gasteiger partial charge in [-0.05, 0) is 12.1 Å². The largest absolute Gasteiger partial charge is 0.496 e. The first-order valence-electron chi connectivity index (χ1n) is 4.92. The molecule has 1 aromatic rings. The first-order valence-corrected chi connectivity index (χ1v) is 4.92. The van der Waals surface area contributed by atoms with E-state index in [9.17, 15) is 9.18 Å². The highest BCUT2D eigenvalue weighted by Gasteiger charge is 2.23. The van der Waals surface area contributed by atoms with Crippen LogP contribution in [0.4, 0.5) is 4.39 Å². The number of benzene rings is 1. The number of amides is 1. The lowest BCUT2D eigenvalue weighted by molar-refractivity contribution is -0.133. The lowest BCUT2D eigenvalue weighted by Gasteiger charge is -2.24. The number of carbonyl (C=O) groups excluding carboxylic acids is 1. The molecule has 1 aromatic carbocycles. The summed E-state index contributed by atoms with van der Waals surface area (Å²) in [6.07, 6.45) is -0.284. The zero-order valence-electron chi connectivity index (χ0n) is 8.83. The normalized spacial score (nSPS) is 20.4. The molecular weight excluding hydrogens is 213 g/mol. The van der Waals surface area contributed by atoms with Gasteiger partial charge >= 0.3 is 0 Å². The molecule has 1 N–H and O–H groups in total. The van der Waals surface area contributed by atoms with E-state index < -0.39 is 0 Å². The summed E-state index contributed by atoms with van der Waals surface area (Å²) in [5.74, 6) is -0.0704. The van der Waals surface area contributed by atoms with Crippen LogP contribution in [0, 0.1) is 5.82 Å². The van der Waals surface area contributed by atoms with Gasteiger partial charge in [0.1, 0.15) is 24.3 Å². The van der Waals surface area contributed by atoms with Gasteiger partial charge in [-0.2, -0.15) is 0 Å². The molecule has 0 radical (unpaired) electrons. The number of hydrogen-bond acceptors (Lipinski definition) is 3. The Hall–Kier alpha value is -1.62. The molecule has 1 amide bonds. The van der Waals surface area contributed by atoms with E-state index in [1.54, 1.807) is 6.07 Å². The summed E-state index contributed by atoms with van der Waals surface area (Å²) in [6.45, 7) is 0.395. The Morgan fingerprint density at radius 1 is 1.56 bits per heavy atom. The summed E-state index contributed by atoms with van der Waals surface area (Å²) in [5, 5.41) is 2.68. The lowest BCUT2D eigenvalue weighted by atomic mass is 10.1. The molecule has 0 aromatic heterocycles. The number of ether oxygens (including phenoxy) is 2. The first kappa shape index (κ1) is 10.9. The third-order valence-electron chi connectivity index (χ3n) is 2.44. The van der Waals surface area contributed by atoms with E-state index in [1.165, 1.54) is 19.2 Å². The summed E-state index contributed by atoms with van der Waals surface area (Å²) in [5.41, 5.74) is 0.740. The minimum Gasteiger partial charge on any atom is -0.496 e. The maximum absolute atomic E-state index is 13.0. The quantitative estimate of drug-likeness (QED) is 0.817. The molecule has 1 unspecified atom stereocenters. The van der Waals surface area contributed by atoms with Crippen LogP contribution >= 0.6 is 0 Å². The Bertz CT molecular complexity index is 398. The lowest BCUT2D eigenvalue weighted by Crippen LogP contribution is -2.38. The van der Waals surface area contributed by atoms with Crippen LogP contribution in [0.1, 0.15) is 11.7 Å². The summed E-state index contributed by atoms with van der Waals surface area (Å²) >= 11 is 0. The van der Waals surface area contributed by atoms with Gasteiger partial charge in [0.05, 0.1) is 7.11 Å². The van der Waals surface area contributed by atoms with Gasteiger partial charge in [-0.15, -0.1) is 0 Å². The zero-order chi connectivity index (χ0) is 11.5. The van der Waals surface area contributed by atoms with Crippen LogP contribution < -0.4 is 10.1 Å². The monoisotopic (exact) mass is 225 g/mol. The topological polar surface area (TPSA) is 47.6 Å². The summed E-state index contributed by atoms with van der Waals surface area (Å²) in [6, 6.07) is 4.25.